The molecule has 0 saturated carbocycles. The maximum Gasteiger partial charge on any atom is 0.259 e. The molecular formula is C23H26N6O2S2. The molecule has 1 saturated heterocycles. The molecule has 3 aromatic heterocycles. The summed E-state index contributed by atoms with van der Waals surface area (Å²) in [7, 11) is 0. The summed E-state index contributed by atoms with van der Waals surface area (Å²) >= 11 is 3.13. The summed E-state index contributed by atoms with van der Waals surface area (Å²) in [4.78, 5) is 24.7. The summed E-state index contributed by atoms with van der Waals surface area (Å²) in [6, 6.07) is 10.3. The highest BCUT2D eigenvalue weighted by atomic mass is 32.2. The standard InChI is InChI=1S/C23H26N6O2S2/c1-14-15(2)32-21-18(14)20(30)24-19(25-21)16(3)33-23-27-26-22(28-9-11-31-12-10-28)29(23)13-17-7-5-4-6-8-17/h4-8,16H,9-13H2,1-3H3,(H,24,25,30). The van der Waals surface area contributed by atoms with Crippen molar-refractivity contribution in [2.75, 3.05) is 31.2 Å². The monoisotopic (exact) mass is 482 g/mol. The zero-order valence-electron chi connectivity index (χ0n) is 18.9. The normalized spacial score (nSPS) is 15.3. The number of hydrogen-bond donors (Lipinski definition) is 1. The summed E-state index contributed by atoms with van der Waals surface area (Å²) in [5, 5.41) is 10.5. The van der Waals surface area contributed by atoms with Gasteiger partial charge in [-0.05, 0) is 31.9 Å². The number of anilines is 1. The number of fused-ring (bicyclic) bond motifs is 1. The van der Waals surface area contributed by atoms with Crippen LogP contribution in [-0.4, -0.2) is 51.0 Å². The highest BCUT2D eigenvalue weighted by Gasteiger charge is 2.24. The SMILES string of the molecule is Cc1sc2nc(C(C)Sc3nnc(N4CCOCC4)n3Cc3ccccc3)[nH]c(=O)c2c1C. The second-order valence-corrected chi connectivity index (χ2v) is 10.6. The average molecular weight is 483 g/mol. The molecule has 1 aliphatic rings. The van der Waals surface area contributed by atoms with Gasteiger partial charge in [-0.15, -0.1) is 21.5 Å². The molecule has 0 bridgehead atoms. The van der Waals surface area contributed by atoms with Crippen LogP contribution in [-0.2, 0) is 11.3 Å². The molecular weight excluding hydrogens is 456 g/mol. The third-order valence-corrected chi connectivity index (χ3v) is 8.09. The fourth-order valence-electron chi connectivity index (χ4n) is 3.95. The number of ether oxygens (including phenoxy) is 1. The maximum atomic E-state index is 12.8. The number of aromatic amines is 1. The lowest BCUT2D eigenvalue weighted by Gasteiger charge is -2.28. The molecule has 8 nitrogen and oxygen atoms in total. The summed E-state index contributed by atoms with van der Waals surface area (Å²) in [5.74, 6) is 1.50. The largest absolute Gasteiger partial charge is 0.378 e. The number of nitrogens with zero attached hydrogens (tertiary/aromatic N) is 5. The van der Waals surface area contributed by atoms with E-state index in [0.29, 0.717) is 31.0 Å². The lowest BCUT2D eigenvalue weighted by atomic mass is 10.2. The van der Waals surface area contributed by atoms with E-state index in [1.807, 2.05) is 39.0 Å². The van der Waals surface area contributed by atoms with Gasteiger partial charge in [0.2, 0.25) is 5.95 Å². The van der Waals surface area contributed by atoms with Gasteiger partial charge in [0.15, 0.2) is 5.16 Å². The third kappa shape index (κ3) is 4.42. The number of benzene rings is 1. The molecule has 172 valence electrons. The van der Waals surface area contributed by atoms with E-state index in [-0.39, 0.29) is 10.8 Å². The van der Waals surface area contributed by atoms with E-state index in [1.165, 1.54) is 5.56 Å². The molecule has 0 aliphatic carbocycles. The van der Waals surface area contributed by atoms with Crippen LogP contribution in [0.5, 0.6) is 0 Å². The van der Waals surface area contributed by atoms with E-state index in [9.17, 15) is 4.79 Å². The Hall–Kier alpha value is -2.69. The van der Waals surface area contributed by atoms with Crippen molar-refractivity contribution in [3.8, 4) is 0 Å². The van der Waals surface area contributed by atoms with Gasteiger partial charge in [0.05, 0.1) is 30.4 Å². The van der Waals surface area contributed by atoms with Crippen molar-refractivity contribution in [2.45, 2.75) is 37.7 Å². The molecule has 1 atom stereocenters. The first-order valence-electron chi connectivity index (χ1n) is 11.0. The third-order valence-electron chi connectivity index (χ3n) is 5.90. The molecule has 0 radical (unpaired) electrons. The molecule has 1 unspecified atom stereocenters. The van der Waals surface area contributed by atoms with Gasteiger partial charge in [-0.2, -0.15) is 0 Å². The van der Waals surface area contributed by atoms with Crippen molar-refractivity contribution in [1.29, 1.82) is 0 Å². The first-order chi connectivity index (χ1) is 16.0. The summed E-state index contributed by atoms with van der Waals surface area (Å²) < 4.78 is 7.67. The highest BCUT2D eigenvalue weighted by molar-refractivity contribution is 7.99. The molecule has 4 heterocycles. The summed E-state index contributed by atoms with van der Waals surface area (Å²) in [6.45, 7) is 9.65. The molecule has 0 amide bonds. The Balaban J connectivity index is 1.48. The minimum atomic E-state index is -0.0962. The quantitative estimate of drug-likeness (QED) is 0.417. The number of morpholine rings is 1. The Morgan fingerprint density at radius 1 is 1.18 bits per heavy atom. The van der Waals surface area contributed by atoms with Crippen LogP contribution in [0.2, 0.25) is 0 Å². The topological polar surface area (TPSA) is 88.9 Å². The maximum absolute atomic E-state index is 12.8. The molecule has 1 fully saturated rings. The van der Waals surface area contributed by atoms with Crippen molar-refractivity contribution >= 4 is 39.3 Å². The minimum Gasteiger partial charge on any atom is -0.378 e. The number of thiophene rings is 1. The van der Waals surface area contributed by atoms with Gasteiger partial charge in [0, 0.05) is 18.0 Å². The Morgan fingerprint density at radius 3 is 2.70 bits per heavy atom. The first kappa shape index (κ1) is 22.1. The van der Waals surface area contributed by atoms with Crippen LogP contribution in [0, 0.1) is 13.8 Å². The Bertz CT molecular complexity index is 1320. The van der Waals surface area contributed by atoms with Crippen LogP contribution in [0.25, 0.3) is 10.2 Å². The van der Waals surface area contributed by atoms with Crippen LogP contribution in [0.1, 0.15) is 34.0 Å². The van der Waals surface area contributed by atoms with Gasteiger partial charge in [-0.1, -0.05) is 42.1 Å². The van der Waals surface area contributed by atoms with Gasteiger partial charge in [-0.3, -0.25) is 9.36 Å². The molecule has 4 aromatic rings. The van der Waals surface area contributed by atoms with Crippen LogP contribution in [0.4, 0.5) is 5.95 Å². The number of aryl methyl sites for hydroxylation is 2. The number of aromatic nitrogens is 5. The van der Waals surface area contributed by atoms with Gasteiger partial charge in [0.25, 0.3) is 5.56 Å². The van der Waals surface area contributed by atoms with Crippen molar-refractivity contribution in [3.63, 3.8) is 0 Å². The van der Waals surface area contributed by atoms with Crippen LogP contribution in [0.3, 0.4) is 0 Å². The van der Waals surface area contributed by atoms with E-state index in [2.05, 4.69) is 36.8 Å². The number of nitrogens with one attached hydrogen (secondary N) is 1. The average Bonchev–Trinajstić information content (AvgIpc) is 3.35. The van der Waals surface area contributed by atoms with Gasteiger partial charge in [0.1, 0.15) is 10.7 Å². The molecule has 1 aromatic carbocycles. The molecule has 1 aliphatic heterocycles. The smallest absolute Gasteiger partial charge is 0.259 e. The zero-order valence-corrected chi connectivity index (χ0v) is 20.5. The minimum absolute atomic E-state index is 0.0796. The number of hydrogen-bond acceptors (Lipinski definition) is 8. The first-order valence-corrected chi connectivity index (χ1v) is 12.7. The molecule has 1 N–H and O–H groups in total. The van der Waals surface area contributed by atoms with Crippen LogP contribution < -0.4 is 10.5 Å². The summed E-state index contributed by atoms with van der Waals surface area (Å²) in [5.41, 5.74) is 2.11. The molecule has 10 heteroatoms. The van der Waals surface area contributed by atoms with E-state index in [0.717, 1.165) is 39.5 Å². The number of thioether (sulfide) groups is 1. The van der Waals surface area contributed by atoms with Gasteiger partial charge < -0.3 is 14.6 Å². The highest BCUT2D eigenvalue weighted by Crippen LogP contribution is 2.35. The molecule has 5 rings (SSSR count). The Kier molecular flexibility index (Phi) is 6.22. The van der Waals surface area contributed by atoms with E-state index in [1.54, 1.807) is 23.1 Å². The predicted molar refractivity (Wildman–Crippen MR) is 133 cm³/mol. The Labute approximate surface area is 200 Å². The fraction of sp³-hybridized carbons (Fsp3) is 0.391. The van der Waals surface area contributed by atoms with Crippen molar-refractivity contribution in [1.82, 2.24) is 24.7 Å². The fourth-order valence-corrected chi connectivity index (χ4v) is 5.89. The lowest BCUT2D eigenvalue weighted by Crippen LogP contribution is -2.38. The zero-order chi connectivity index (χ0) is 22.9. The predicted octanol–water partition coefficient (Wildman–Crippen LogP) is 3.93. The van der Waals surface area contributed by atoms with E-state index >= 15 is 0 Å². The Morgan fingerprint density at radius 2 is 1.94 bits per heavy atom. The molecule has 0 spiro atoms. The van der Waals surface area contributed by atoms with Crippen LogP contribution in [0.15, 0.2) is 40.3 Å². The van der Waals surface area contributed by atoms with Gasteiger partial charge in [-0.25, -0.2) is 4.98 Å². The van der Waals surface area contributed by atoms with Crippen molar-refractivity contribution < 1.29 is 4.74 Å². The van der Waals surface area contributed by atoms with Crippen molar-refractivity contribution in [2.24, 2.45) is 0 Å². The van der Waals surface area contributed by atoms with Crippen LogP contribution >= 0.6 is 23.1 Å². The van der Waals surface area contributed by atoms with E-state index in [4.69, 9.17) is 9.72 Å². The molecule has 33 heavy (non-hydrogen) atoms. The lowest BCUT2D eigenvalue weighted by molar-refractivity contribution is 0.121. The summed E-state index contributed by atoms with van der Waals surface area (Å²) in [6.07, 6.45) is 0. The number of H-pyrrole nitrogens is 1. The van der Waals surface area contributed by atoms with Gasteiger partial charge >= 0.3 is 0 Å². The second-order valence-electron chi connectivity index (χ2n) is 8.13. The van der Waals surface area contributed by atoms with E-state index < -0.39 is 0 Å². The van der Waals surface area contributed by atoms with Crippen molar-refractivity contribution in [3.05, 3.63) is 62.5 Å². The second kappa shape index (κ2) is 9.28. The number of rotatable bonds is 6.